The van der Waals surface area contributed by atoms with Gasteiger partial charge in [-0.15, -0.1) is 16.8 Å². The number of urea groups is 1. The van der Waals surface area contributed by atoms with Gasteiger partial charge in [0.05, 0.1) is 18.6 Å². The molecular weight excluding hydrogens is 426 g/mol. The molecule has 1 aromatic carbocycles. The molecule has 2 N–H and O–H groups in total. The summed E-state index contributed by atoms with van der Waals surface area (Å²) in [4.78, 5) is 24.0. The fourth-order valence-corrected chi connectivity index (χ4v) is 3.69. The smallest absolute Gasteiger partial charge is 0.321 e. The molecule has 0 aliphatic rings. The lowest BCUT2D eigenvalue weighted by atomic mass is 9.87. The van der Waals surface area contributed by atoms with Gasteiger partial charge in [-0.25, -0.2) is 4.79 Å². The predicted molar refractivity (Wildman–Crippen MR) is 124 cm³/mol. The molecule has 0 aliphatic carbocycles. The van der Waals surface area contributed by atoms with Crippen LogP contribution in [0.15, 0.2) is 64.9 Å². The van der Waals surface area contributed by atoms with Crippen molar-refractivity contribution in [1.29, 1.82) is 0 Å². The van der Waals surface area contributed by atoms with Gasteiger partial charge in [-0.2, -0.15) is 0 Å². The van der Waals surface area contributed by atoms with E-state index in [1.54, 1.807) is 18.2 Å². The van der Waals surface area contributed by atoms with E-state index in [0.29, 0.717) is 23.3 Å². The van der Waals surface area contributed by atoms with Gasteiger partial charge in [0.1, 0.15) is 5.76 Å². The van der Waals surface area contributed by atoms with E-state index in [1.807, 2.05) is 16.7 Å². The number of nitrogens with zero attached hydrogens (tertiary/aromatic N) is 3. The topological polar surface area (TPSA) is 102 Å². The number of nitrogens with one attached hydrogen (secondary N) is 2. The molecule has 0 saturated heterocycles. The third kappa shape index (κ3) is 6.10. The molecule has 0 bridgehead atoms. The van der Waals surface area contributed by atoms with Gasteiger partial charge in [0, 0.05) is 12.1 Å². The summed E-state index contributed by atoms with van der Waals surface area (Å²) in [5, 5.41) is 14.0. The number of rotatable bonds is 8. The Hall–Kier alpha value is -3.33. The maximum atomic E-state index is 12.2. The van der Waals surface area contributed by atoms with E-state index in [0.717, 1.165) is 5.56 Å². The van der Waals surface area contributed by atoms with Crippen LogP contribution < -0.4 is 10.6 Å². The minimum atomic E-state index is -0.584. The highest BCUT2D eigenvalue weighted by Gasteiger charge is 2.18. The summed E-state index contributed by atoms with van der Waals surface area (Å²) in [6, 6.07) is 11.1. The van der Waals surface area contributed by atoms with Gasteiger partial charge in [-0.05, 0) is 23.1 Å². The quantitative estimate of drug-likeness (QED) is 0.393. The van der Waals surface area contributed by atoms with Crippen LogP contribution >= 0.6 is 11.8 Å². The van der Waals surface area contributed by atoms with Crippen LogP contribution in [0.1, 0.15) is 32.1 Å². The SMILES string of the molecule is C=CCn1c(SCC(=O)NC(=O)NCc2ccco2)nnc1-c1ccc(C(C)(C)C)cc1. The molecule has 0 atom stereocenters. The van der Waals surface area contributed by atoms with Crippen molar-refractivity contribution in [3.8, 4) is 11.4 Å². The molecule has 0 unspecified atom stereocenters. The number of hydrogen-bond acceptors (Lipinski definition) is 6. The molecule has 32 heavy (non-hydrogen) atoms. The van der Waals surface area contributed by atoms with Crippen LogP contribution in [-0.2, 0) is 23.3 Å². The highest BCUT2D eigenvalue weighted by molar-refractivity contribution is 7.99. The van der Waals surface area contributed by atoms with Crippen molar-refractivity contribution in [3.63, 3.8) is 0 Å². The van der Waals surface area contributed by atoms with Crippen molar-refractivity contribution >= 4 is 23.7 Å². The molecule has 3 rings (SSSR count). The Morgan fingerprint density at radius 3 is 2.56 bits per heavy atom. The minimum Gasteiger partial charge on any atom is -0.467 e. The summed E-state index contributed by atoms with van der Waals surface area (Å²) >= 11 is 1.21. The van der Waals surface area contributed by atoms with E-state index in [4.69, 9.17) is 4.42 Å². The highest BCUT2D eigenvalue weighted by Crippen LogP contribution is 2.27. The second-order valence-electron chi connectivity index (χ2n) is 8.13. The third-order valence-corrected chi connectivity index (χ3v) is 5.59. The van der Waals surface area contributed by atoms with Crippen molar-refractivity contribution in [2.24, 2.45) is 0 Å². The third-order valence-electron chi connectivity index (χ3n) is 4.63. The summed E-state index contributed by atoms with van der Waals surface area (Å²) < 4.78 is 7.03. The van der Waals surface area contributed by atoms with Crippen molar-refractivity contribution in [2.75, 3.05) is 5.75 Å². The van der Waals surface area contributed by atoms with Gasteiger partial charge < -0.3 is 9.73 Å². The maximum Gasteiger partial charge on any atom is 0.321 e. The normalized spacial score (nSPS) is 11.2. The number of benzene rings is 1. The largest absolute Gasteiger partial charge is 0.467 e. The average molecular weight is 454 g/mol. The van der Waals surface area contributed by atoms with Crippen LogP contribution in [-0.4, -0.2) is 32.5 Å². The highest BCUT2D eigenvalue weighted by atomic mass is 32.2. The zero-order chi connectivity index (χ0) is 23.1. The zero-order valence-corrected chi connectivity index (χ0v) is 19.2. The van der Waals surface area contributed by atoms with Crippen LogP contribution in [0.25, 0.3) is 11.4 Å². The van der Waals surface area contributed by atoms with Crippen LogP contribution in [0.4, 0.5) is 4.79 Å². The molecule has 9 heteroatoms. The number of amides is 3. The van der Waals surface area contributed by atoms with Crippen LogP contribution in [0.2, 0.25) is 0 Å². The first-order valence-corrected chi connectivity index (χ1v) is 11.1. The number of furan rings is 1. The van der Waals surface area contributed by atoms with E-state index in [9.17, 15) is 9.59 Å². The lowest BCUT2D eigenvalue weighted by Gasteiger charge is -2.19. The second kappa shape index (κ2) is 10.3. The Morgan fingerprint density at radius 2 is 1.94 bits per heavy atom. The summed E-state index contributed by atoms with van der Waals surface area (Å²) in [5.74, 6) is 0.884. The standard InChI is InChI=1S/C23H27N5O3S/c1-5-12-28-20(16-8-10-17(11-9-16)23(2,3)4)26-27-22(28)32-15-19(29)25-21(30)24-14-18-7-6-13-31-18/h5-11,13H,1,12,14-15H2,2-4H3,(H2,24,25,29,30). The molecule has 0 radical (unpaired) electrons. The molecule has 0 aliphatic heterocycles. The first-order chi connectivity index (χ1) is 15.3. The number of aromatic nitrogens is 3. The Kier molecular flexibility index (Phi) is 7.53. The molecule has 0 fully saturated rings. The summed E-state index contributed by atoms with van der Waals surface area (Å²) in [6.45, 7) is 11.0. The van der Waals surface area contributed by atoms with Gasteiger partial charge in [-0.1, -0.05) is 62.9 Å². The van der Waals surface area contributed by atoms with Crippen LogP contribution in [0, 0.1) is 0 Å². The van der Waals surface area contributed by atoms with Crippen LogP contribution in [0.5, 0.6) is 0 Å². The summed E-state index contributed by atoms with van der Waals surface area (Å²) in [5.41, 5.74) is 2.22. The van der Waals surface area contributed by atoms with E-state index in [1.165, 1.54) is 23.6 Å². The molecule has 2 aromatic heterocycles. The number of hydrogen-bond donors (Lipinski definition) is 2. The van der Waals surface area contributed by atoms with E-state index in [2.05, 4.69) is 60.3 Å². The lowest BCUT2D eigenvalue weighted by Crippen LogP contribution is -2.39. The van der Waals surface area contributed by atoms with E-state index in [-0.39, 0.29) is 17.7 Å². The minimum absolute atomic E-state index is 0.0202. The van der Waals surface area contributed by atoms with Crippen molar-refractivity contribution in [2.45, 2.75) is 44.4 Å². The van der Waals surface area contributed by atoms with Crippen molar-refractivity contribution in [3.05, 3.63) is 66.6 Å². The fourth-order valence-electron chi connectivity index (χ4n) is 2.94. The van der Waals surface area contributed by atoms with E-state index >= 15 is 0 Å². The molecular formula is C23H27N5O3S. The van der Waals surface area contributed by atoms with E-state index < -0.39 is 11.9 Å². The Labute approximate surface area is 191 Å². The number of carbonyl (C=O) groups is 2. The second-order valence-corrected chi connectivity index (χ2v) is 9.07. The van der Waals surface area contributed by atoms with Crippen molar-refractivity contribution < 1.29 is 14.0 Å². The molecule has 2 heterocycles. The van der Waals surface area contributed by atoms with Gasteiger partial charge in [0.15, 0.2) is 11.0 Å². The Morgan fingerprint density at radius 1 is 1.19 bits per heavy atom. The summed E-state index contributed by atoms with van der Waals surface area (Å²) in [6.07, 6.45) is 3.27. The lowest BCUT2D eigenvalue weighted by molar-refractivity contribution is -0.117. The number of carbonyl (C=O) groups excluding carboxylic acids is 2. The van der Waals surface area contributed by atoms with Gasteiger partial charge in [0.2, 0.25) is 5.91 Å². The van der Waals surface area contributed by atoms with Crippen molar-refractivity contribution in [1.82, 2.24) is 25.4 Å². The van der Waals surface area contributed by atoms with Gasteiger partial charge >= 0.3 is 6.03 Å². The summed E-state index contributed by atoms with van der Waals surface area (Å²) in [7, 11) is 0. The van der Waals surface area contributed by atoms with Crippen LogP contribution in [0.3, 0.4) is 0 Å². The fraction of sp³-hybridized carbons (Fsp3) is 0.304. The number of imide groups is 1. The molecule has 0 spiro atoms. The molecule has 168 valence electrons. The molecule has 3 aromatic rings. The molecule has 0 saturated carbocycles. The zero-order valence-electron chi connectivity index (χ0n) is 18.4. The number of allylic oxidation sites excluding steroid dienone is 1. The maximum absolute atomic E-state index is 12.2. The Balaban J connectivity index is 1.61. The van der Waals surface area contributed by atoms with Gasteiger partial charge in [-0.3, -0.25) is 14.7 Å². The monoisotopic (exact) mass is 453 g/mol. The molecule has 8 nitrogen and oxygen atoms in total. The molecule has 3 amide bonds. The van der Waals surface area contributed by atoms with Gasteiger partial charge in [0.25, 0.3) is 0 Å². The Bertz CT molecular complexity index is 1070. The number of thioether (sulfide) groups is 1. The predicted octanol–water partition coefficient (Wildman–Crippen LogP) is 4.14. The first kappa shape index (κ1) is 23.3. The average Bonchev–Trinajstić information content (AvgIpc) is 3.41. The first-order valence-electron chi connectivity index (χ1n) is 10.2.